The Bertz CT molecular complexity index is 2050. The van der Waals surface area contributed by atoms with Crippen LogP contribution < -0.4 is 24.8 Å². The molecular formula is C40H32Cl2N2Ti. The zero-order chi connectivity index (χ0) is 27.6. The monoisotopic (exact) mass is 658 g/mol. The van der Waals surface area contributed by atoms with E-state index in [2.05, 4.69) is 130 Å². The van der Waals surface area contributed by atoms with E-state index in [-0.39, 0.29) is 46.5 Å². The third-order valence-corrected chi connectivity index (χ3v) is 9.58. The number of rotatable bonds is 2. The third kappa shape index (κ3) is 5.09. The first kappa shape index (κ1) is 31.5. The summed E-state index contributed by atoms with van der Waals surface area (Å²) >= 11 is 0. The zero-order valence-electron chi connectivity index (χ0n) is 24.9. The van der Waals surface area contributed by atoms with E-state index in [4.69, 9.17) is 0 Å². The Morgan fingerprint density at radius 1 is 0.467 bits per heavy atom. The maximum Gasteiger partial charge on any atom is 4.00 e. The number of fused-ring (bicyclic) bond motifs is 8. The number of hydrogen-bond donors (Lipinski definition) is 0. The molecule has 6 aromatic carbocycles. The number of aromatic nitrogens is 2. The summed E-state index contributed by atoms with van der Waals surface area (Å²) in [7, 11) is 0. The van der Waals surface area contributed by atoms with E-state index in [1.165, 1.54) is 105 Å². The van der Waals surface area contributed by atoms with E-state index in [9.17, 15) is 0 Å². The number of nitrogens with zero attached hydrogens (tertiary/aromatic N) is 2. The quantitative estimate of drug-likeness (QED) is 0.197. The van der Waals surface area contributed by atoms with Gasteiger partial charge in [0.15, 0.2) is 0 Å². The van der Waals surface area contributed by atoms with Crippen molar-refractivity contribution in [1.82, 2.24) is 9.13 Å². The van der Waals surface area contributed by atoms with Crippen LogP contribution in [-0.2, 0) is 47.4 Å². The fourth-order valence-corrected chi connectivity index (χ4v) is 7.78. The van der Waals surface area contributed by atoms with Gasteiger partial charge in [-0.2, -0.15) is 0 Å². The SMILES string of the molecule is [Cl-].[Cl-].[Ti+4].c1ccc2[cH-]c(-n3c4c(c5ccccc53)CCC4)cc2c1.c1ccc2[cH-]c(-n3c4c(c5ccccc53)CCC4)cc2c1. The largest absolute Gasteiger partial charge is 4.00 e. The van der Waals surface area contributed by atoms with Gasteiger partial charge >= 0.3 is 21.7 Å². The second-order valence-electron chi connectivity index (χ2n) is 11.9. The van der Waals surface area contributed by atoms with Crippen LogP contribution in [0.5, 0.6) is 0 Å². The topological polar surface area (TPSA) is 9.86 Å². The van der Waals surface area contributed by atoms with E-state index >= 15 is 0 Å². The van der Waals surface area contributed by atoms with Crippen molar-refractivity contribution in [2.75, 3.05) is 0 Å². The van der Waals surface area contributed by atoms with E-state index < -0.39 is 0 Å². The van der Waals surface area contributed by atoms with Crippen molar-refractivity contribution in [3.05, 3.63) is 144 Å². The van der Waals surface area contributed by atoms with E-state index in [1.807, 2.05) is 0 Å². The molecule has 220 valence electrons. The molecule has 0 unspecified atom stereocenters. The van der Waals surface area contributed by atoms with Crippen LogP contribution in [0.1, 0.15) is 35.4 Å². The maximum atomic E-state index is 2.48. The van der Waals surface area contributed by atoms with Crippen LogP contribution in [-0.4, -0.2) is 9.13 Å². The van der Waals surface area contributed by atoms with Crippen molar-refractivity contribution in [1.29, 1.82) is 0 Å². The molecule has 10 rings (SSSR count). The number of para-hydroxylation sites is 2. The second-order valence-corrected chi connectivity index (χ2v) is 11.9. The molecule has 2 aliphatic rings. The summed E-state index contributed by atoms with van der Waals surface area (Å²) in [6.07, 6.45) is 7.43. The standard InChI is InChI=1S/2C20H16N.2ClH.Ti/c2*1-2-7-15-13-16(12-14(15)6-1)21-19-10-4-3-8-17(19)18-9-5-11-20(18)21;;;/h2*1-4,6-8,10,12-13H,5,9,11H2;2*1H;/q2*-1;;;+4/p-2. The van der Waals surface area contributed by atoms with Gasteiger partial charge in [-0.25, -0.2) is 0 Å². The molecule has 2 nitrogen and oxygen atoms in total. The molecule has 0 saturated carbocycles. The molecule has 45 heavy (non-hydrogen) atoms. The van der Waals surface area contributed by atoms with Crippen LogP contribution >= 0.6 is 0 Å². The van der Waals surface area contributed by atoms with Gasteiger partial charge in [-0.3, -0.25) is 0 Å². The number of hydrogen-bond acceptors (Lipinski definition) is 0. The Morgan fingerprint density at radius 2 is 0.867 bits per heavy atom. The van der Waals surface area contributed by atoms with Crippen molar-refractivity contribution >= 4 is 43.4 Å². The molecule has 2 heterocycles. The van der Waals surface area contributed by atoms with Crippen LogP contribution in [0, 0.1) is 0 Å². The van der Waals surface area contributed by atoms with Crippen molar-refractivity contribution in [2.24, 2.45) is 0 Å². The van der Waals surface area contributed by atoms with Gasteiger partial charge in [-0.05, 0) is 73.2 Å². The third-order valence-electron chi connectivity index (χ3n) is 9.58. The summed E-state index contributed by atoms with van der Waals surface area (Å²) in [5.74, 6) is 0. The molecule has 0 bridgehead atoms. The Hall–Kier alpha value is -3.53. The minimum atomic E-state index is 0. The molecule has 0 radical (unpaired) electrons. The first-order chi connectivity index (χ1) is 20.8. The fourth-order valence-electron chi connectivity index (χ4n) is 7.78. The minimum Gasteiger partial charge on any atom is -1.00 e. The molecule has 0 fully saturated rings. The average Bonchev–Trinajstić information content (AvgIpc) is 3.86. The molecular weight excluding hydrogens is 627 g/mol. The predicted octanol–water partition coefficient (Wildman–Crippen LogP) is 3.99. The summed E-state index contributed by atoms with van der Waals surface area (Å²) in [4.78, 5) is 0. The van der Waals surface area contributed by atoms with E-state index in [0.717, 1.165) is 0 Å². The van der Waals surface area contributed by atoms with Crippen molar-refractivity contribution in [2.45, 2.75) is 38.5 Å². The van der Waals surface area contributed by atoms with Gasteiger partial charge in [0, 0.05) is 22.2 Å². The van der Waals surface area contributed by atoms with Gasteiger partial charge in [0.05, 0.1) is 11.0 Å². The minimum absolute atomic E-state index is 0. The Morgan fingerprint density at radius 3 is 1.31 bits per heavy atom. The molecule has 0 amide bonds. The van der Waals surface area contributed by atoms with Gasteiger partial charge in [-0.15, -0.1) is 82.2 Å². The van der Waals surface area contributed by atoms with Gasteiger partial charge in [-0.1, -0.05) is 48.5 Å². The molecule has 0 spiro atoms. The first-order valence-corrected chi connectivity index (χ1v) is 15.4. The molecule has 0 aliphatic heterocycles. The smallest absolute Gasteiger partial charge is 1.00 e. The van der Waals surface area contributed by atoms with Gasteiger partial charge in [0.2, 0.25) is 0 Å². The number of halogens is 2. The first-order valence-electron chi connectivity index (χ1n) is 15.4. The molecule has 2 aromatic heterocycles. The average molecular weight is 659 g/mol. The van der Waals surface area contributed by atoms with Crippen molar-refractivity contribution in [3.63, 3.8) is 0 Å². The Balaban J connectivity index is 0.000000149. The summed E-state index contributed by atoms with van der Waals surface area (Å²) in [5.41, 5.74) is 11.5. The number of aryl methyl sites for hydroxylation is 2. The summed E-state index contributed by atoms with van der Waals surface area (Å²) in [5, 5.41) is 8.20. The Kier molecular flexibility index (Phi) is 8.88. The van der Waals surface area contributed by atoms with Crippen molar-refractivity contribution < 1.29 is 46.5 Å². The van der Waals surface area contributed by atoms with Crippen LogP contribution in [0.25, 0.3) is 54.7 Å². The zero-order valence-corrected chi connectivity index (χ0v) is 28.0. The molecule has 0 N–H and O–H groups in total. The molecule has 0 atom stereocenters. The van der Waals surface area contributed by atoms with E-state index in [1.54, 1.807) is 11.1 Å². The molecule has 2 aliphatic carbocycles. The summed E-state index contributed by atoms with van der Waals surface area (Å²) in [6, 6.07) is 44.2. The van der Waals surface area contributed by atoms with Crippen LogP contribution in [0.2, 0.25) is 0 Å². The normalized spacial score (nSPS) is 13.2. The van der Waals surface area contributed by atoms with E-state index in [0.29, 0.717) is 0 Å². The Labute approximate surface area is 291 Å². The van der Waals surface area contributed by atoms with Crippen molar-refractivity contribution in [3.8, 4) is 11.4 Å². The van der Waals surface area contributed by atoms with Gasteiger partial charge < -0.3 is 33.9 Å². The summed E-state index contributed by atoms with van der Waals surface area (Å²) < 4.78 is 4.97. The second kappa shape index (κ2) is 12.7. The molecule has 0 saturated heterocycles. The number of benzene rings is 4. The van der Waals surface area contributed by atoms with Gasteiger partial charge in [0.1, 0.15) is 0 Å². The fraction of sp³-hybridized carbons (Fsp3) is 0.150. The molecule has 5 heteroatoms. The van der Waals surface area contributed by atoms with Crippen LogP contribution in [0.4, 0.5) is 0 Å². The van der Waals surface area contributed by atoms with Crippen LogP contribution in [0.3, 0.4) is 0 Å². The van der Waals surface area contributed by atoms with Gasteiger partial charge in [0.25, 0.3) is 0 Å². The molecule has 8 aromatic rings. The maximum absolute atomic E-state index is 2.48. The predicted molar refractivity (Wildman–Crippen MR) is 177 cm³/mol. The van der Waals surface area contributed by atoms with Crippen LogP contribution in [0.15, 0.2) is 121 Å². The summed E-state index contributed by atoms with van der Waals surface area (Å²) in [6.45, 7) is 0.